The summed E-state index contributed by atoms with van der Waals surface area (Å²) >= 11 is 5.72. The maximum Gasteiger partial charge on any atom is 0.255 e. The van der Waals surface area contributed by atoms with E-state index in [1.54, 1.807) is 0 Å². The summed E-state index contributed by atoms with van der Waals surface area (Å²) in [7, 11) is 1.47. The topological polar surface area (TPSA) is 105 Å². The minimum absolute atomic E-state index is 0.00843. The standard InChI is InChI=1S/C13H12ClFN4O/c1-19-12(17)11(13(18)20)10(16)5-2-7-6-8(14)3-4-9(7)15/h3-4,6,16,19H,17H2,1H3,(H2,18,20)/b12-11-,16-10?. The van der Waals surface area contributed by atoms with Crippen LogP contribution in [0.25, 0.3) is 0 Å². The molecule has 5 nitrogen and oxygen atoms in total. The van der Waals surface area contributed by atoms with Gasteiger partial charge in [0.25, 0.3) is 5.91 Å². The lowest BCUT2D eigenvalue weighted by atomic mass is 10.1. The summed E-state index contributed by atoms with van der Waals surface area (Å²) in [5, 5.41) is 10.5. The van der Waals surface area contributed by atoms with Crippen LogP contribution in [0.1, 0.15) is 5.56 Å². The Morgan fingerprint density at radius 3 is 2.65 bits per heavy atom. The number of carbonyl (C=O) groups is 1. The van der Waals surface area contributed by atoms with Crippen molar-refractivity contribution in [3.8, 4) is 11.8 Å². The number of nitrogens with one attached hydrogen (secondary N) is 2. The average Bonchev–Trinajstić information content (AvgIpc) is 2.39. The number of rotatable bonds is 3. The van der Waals surface area contributed by atoms with Crippen molar-refractivity contribution in [2.45, 2.75) is 0 Å². The second kappa shape index (κ2) is 6.59. The van der Waals surface area contributed by atoms with Crippen LogP contribution in [0.15, 0.2) is 29.6 Å². The molecule has 0 aliphatic carbocycles. The van der Waals surface area contributed by atoms with E-state index in [-0.39, 0.29) is 17.0 Å². The van der Waals surface area contributed by atoms with Crippen LogP contribution in [-0.2, 0) is 4.79 Å². The van der Waals surface area contributed by atoms with Gasteiger partial charge in [-0.05, 0) is 24.1 Å². The van der Waals surface area contributed by atoms with Gasteiger partial charge in [-0.1, -0.05) is 17.5 Å². The number of hydrogen-bond donors (Lipinski definition) is 4. The second-order valence-corrected chi connectivity index (χ2v) is 4.09. The molecule has 0 unspecified atom stereocenters. The van der Waals surface area contributed by atoms with Crippen molar-refractivity contribution in [1.29, 1.82) is 5.41 Å². The molecule has 0 aromatic heterocycles. The molecule has 0 saturated carbocycles. The fraction of sp³-hybridized carbons (Fsp3) is 0.0769. The van der Waals surface area contributed by atoms with Crippen molar-refractivity contribution in [2.24, 2.45) is 11.5 Å². The Kier molecular flexibility index (Phi) is 5.12. The molecular formula is C13H12ClFN4O. The fourth-order valence-electron chi connectivity index (χ4n) is 1.30. The lowest BCUT2D eigenvalue weighted by Gasteiger charge is -2.05. The number of nitrogens with two attached hydrogens (primary N) is 2. The first-order valence-electron chi connectivity index (χ1n) is 5.40. The molecule has 1 aromatic rings. The maximum absolute atomic E-state index is 13.4. The lowest BCUT2D eigenvalue weighted by molar-refractivity contribution is -0.114. The van der Waals surface area contributed by atoms with Gasteiger partial charge in [0.1, 0.15) is 22.9 Å². The van der Waals surface area contributed by atoms with Crippen molar-refractivity contribution in [2.75, 3.05) is 7.05 Å². The highest BCUT2D eigenvalue weighted by atomic mass is 35.5. The fourth-order valence-corrected chi connectivity index (χ4v) is 1.47. The van der Waals surface area contributed by atoms with Crippen LogP contribution < -0.4 is 16.8 Å². The monoisotopic (exact) mass is 294 g/mol. The third-order valence-electron chi connectivity index (χ3n) is 2.29. The predicted molar refractivity (Wildman–Crippen MR) is 75.5 cm³/mol. The Bertz CT molecular complexity index is 658. The van der Waals surface area contributed by atoms with E-state index in [4.69, 9.17) is 28.5 Å². The Morgan fingerprint density at radius 1 is 1.45 bits per heavy atom. The smallest absolute Gasteiger partial charge is 0.255 e. The van der Waals surface area contributed by atoms with Gasteiger partial charge in [0, 0.05) is 12.1 Å². The van der Waals surface area contributed by atoms with Crippen molar-refractivity contribution in [1.82, 2.24) is 5.32 Å². The molecule has 0 bridgehead atoms. The highest BCUT2D eigenvalue weighted by molar-refractivity contribution is 6.30. The van der Waals surface area contributed by atoms with E-state index >= 15 is 0 Å². The quantitative estimate of drug-likeness (QED) is 0.375. The highest BCUT2D eigenvalue weighted by Gasteiger charge is 2.14. The van der Waals surface area contributed by atoms with Gasteiger partial charge in [-0.3, -0.25) is 10.2 Å². The van der Waals surface area contributed by atoms with E-state index in [9.17, 15) is 9.18 Å². The SMILES string of the molecule is CN/C(N)=C(/C(=N)C#Cc1cc(Cl)ccc1F)C(N)=O. The molecule has 0 heterocycles. The van der Waals surface area contributed by atoms with Crippen molar-refractivity contribution < 1.29 is 9.18 Å². The number of carbonyl (C=O) groups excluding carboxylic acids is 1. The van der Waals surface area contributed by atoms with E-state index in [1.165, 1.54) is 19.2 Å². The van der Waals surface area contributed by atoms with Crippen LogP contribution in [0.4, 0.5) is 4.39 Å². The molecule has 0 radical (unpaired) electrons. The highest BCUT2D eigenvalue weighted by Crippen LogP contribution is 2.13. The number of halogens is 2. The molecule has 1 amide bonds. The summed E-state index contributed by atoms with van der Waals surface area (Å²) in [5.74, 6) is 3.17. The largest absolute Gasteiger partial charge is 0.385 e. The zero-order valence-electron chi connectivity index (χ0n) is 10.6. The summed E-state index contributed by atoms with van der Waals surface area (Å²) in [6.07, 6.45) is 0. The molecule has 0 fully saturated rings. The molecule has 0 saturated heterocycles. The van der Waals surface area contributed by atoms with Gasteiger partial charge in [-0.25, -0.2) is 4.39 Å². The number of primary amides is 1. The van der Waals surface area contributed by atoms with Gasteiger partial charge in [0.05, 0.1) is 5.56 Å². The van der Waals surface area contributed by atoms with E-state index in [1.807, 2.05) is 0 Å². The van der Waals surface area contributed by atoms with Gasteiger partial charge in [-0.2, -0.15) is 0 Å². The van der Waals surface area contributed by atoms with Crippen LogP contribution in [0.5, 0.6) is 0 Å². The van der Waals surface area contributed by atoms with E-state index < -0.39 is 17.4 Å². The maximum atomic E-state index is 13.4. The summed E-state index contributed by atoms with van der Waals surface area (Å²) < 4.78 is 13.4. The first-order chi connectivity index (χ1) is 9.36. The van der Waals surface area contributed by atoms with Crippen LogP contribution in [0.2, 0.25) is 5.02 Å². The third kappa shape index (κ3) is 3.73. The van der Waals surface area contributed by atoms with Crippen molar-refractivity contribution in [3.63, 3.8) is 0 Å². The van der Waals surface area contributed by atoms with Gasteiger partial charge in [0.2, 0.25) is 0 Å². The van der Waals surface area contributed by atoms with Gasteiger partial charge in [-0.15, -0.1) is 0 Å². The zero-order chi connectivity index (χ0) is 15.3. The number of amides is 1. The van der Waals surface area contributed by atoms with Crippen LogP contribution in [0, 0.1) is 23.1 Å². The Morgan fingerprint density at radius 2 is 2.10 bits per heavy atom. The molecule has 1 rings (SSSR count). The normalized spacial score (nSPS) is 10.9. The lowest BCUT2D eigenvalue weighted by Crippen LogP contribution is -2.29. The molecule has 0 aliphatic rings. The summed E-state index contributed by atoms with van der Waals surface area (Å²) in [5.41, 5.74) is 9.96. The summed E-state index contributed by atoms with van der Waals surface area (Å²) in [6.45, 7) is 0. The summed E-state index contributed by atoms with van der Waals surface area (Å²) in [6, 6.07) is 3.84. The van der Waals surface area contributed by atoms with Gasteiger partial charge < -0.3 is 16.8 Å². The minimum Gasteiger partial charge on any atom is -0.385 e. The first kappa shape index (κ1) is 15.5. The van der Waals surface area contributed by atoms with E-state index in [0.29, 0.717) is 5.02 Å². The van der Waals surface area contributed by atoms with E-state index in [2.05, 4.69) is 17.2 Å². The zero-order valence-corrected chi connectivity index (χ0v) is 11.3. The first-order valence-corrected chi connectivity index (χ1v) is 5.78. The average molecular weight is 295 g/mol. The van der Waals surface area contributed by atoms with Gasteiger partial charge in [0.15, 0.2) is 0 Å². The van der Waals surface area contributed by atoms with Crippen LogP contribution in [-0.4, -0.2) is 18.7 Å². The molecule has 7 heteroatoms. The minimum atomic E-state index is -0.900. The molecule has 0 aliphatic heterocycles. The molecule has 0 spiro atoms. The molecule has 104 valence electrons. The van der Waals surface area contributed by atoms with Crippen LogP contribution >= 0.6 is 11.6 Å². The molecular weight excluding hydrogens is 283 g/mol. The van der Waals surface area contributed by atoms with E-state index in [0.717, 1.165) is 6.07 Å². The molecule has 6 N–H and O–H groups in total. The van der Waals surface area contributed by atoms with Gasteiger partial charge >= 0.3 is 0 Å². The van der Waals surface area contributed by atoms with Crippen LogP contribution in [0.3, 0.4) is 0 Å². The van der Waals surface area contributed by atoms with Crippen molar-refractivity contribution >= 4 is 23.2 Å². The molecule has 0 atom stereocenters. The summed E-state index contributed by atoms with van der Waals surface area (Å²) in [4.78, 5) is 11.2. The van der Waals surface area contributed by atoms with Crippen molar-refractivity contribution in [3.05, 3.63) is 46.0 Å². The molecule has 20 heavy (non-hydrogen) atoms. The Hall–Kier alpha value is -2.52. The number of hydrogen-bond acceptors (Lipinski definition) is 4. The second-order valence-electron chi connectivity index (χ2n) is 3.65. The Balaban J connectivity index is 3.16. The predicted octanol–water partition coefficient (Wildman–Crippen LogP) is 0.725. The number of benzene rings is 1. The third-order valence-corrected chi connectivity index (χ3v) is 2.52. The molecule has 1 aromatic carbocycles. The Labute approximate surface area is 120 Å².